The van der Waals surface area contributed by atoms with Crippen molar-refractivity contribution in [3.05, 3.63) is 89.5 Å². The number of carboxylic acid groups (broad SMARTS) is 2. The van der Waals surface area contributed by atoms with Crippen LogP contribution in [0.4, 0.5) is 11.4 Å². The molecule has 1 aliphatic rings. The number of anilines is 2. The number of amides is 1. The van der Waals surface area contributed by atoms with Crippen molar-refractivity contribution in [3.63, 3.8) is 0 Å². The van der Waals surface area contributed by atoms with E-state index in [-0.39, 0.29) is 12.6 Å². The first-order valence-corrected chi connectivity index (χ1v) is 18.7. The number of Topliss-reactive ketones (excluding diaryl/α,β-unsaturated/α-hetero) is 1. The van der Waals surface area contributed by atoms with Gasteiger partial charge in [0.05, 0.1) is 42.6 Å². The van der Waals surface area contributed by atoms with E-state index in [1.54, 1.807) is 86.7 Å². The van der Waals surface area contributed by atoms with Crippen LogP contribution in [0.25, 0.3) is 6.08 Å². The van der Waals surface area contributed by atoms with Crippen molar-refractivity contribution in [1.82, 2.24) is 0 Å². The maximum atomic E-state index is 13.3. The van der Waals surface area contributed by atoms with E-state index in [4.69, 9.17) is 19.5 Å². The molecule has 300 valence electrons. The van der Waals surface area contributed by atoms with Crippen molar-refractivity contribution in [3.8, 4) is 17.6 Å². The van der Waals surface area contributed by atoms with Crippen molar-refractivity contribution in [1.29, 1.82) is 5.26 Å². The fraction of sp³-hybridized carbons (Fsp3) is 0.372. The number of carboxylic acids is 2. The number of hydrogen-bond donors (Lipinski definition) is 4. The molecule has 0 aromatic heterocycles. The molecule has 0 heterocycles. The number of nitriles is 1. The van der Waals surface area contributed by atoms with Gasteiger partial charge in [-0.1, -0.05) is 32.0 Å². The third kappa shape index (κ3) is 12.0. The van der Waals surface area contributed by atoms with Gasteiger partial charge in [0, 0.05) is 48.2 Å². The standard InChI is InChI=1S/C43H47N3O11/c1-25(2)39(48)35-37(41(50)51)36(38(35)42(52)53)40(49)46-30-14-11-28(33(24-30)45-26(3)4)20-23-56-34(47)19-10-27-8-15-32(16-9-27)57-43(54)29-12-17-31(18-13-29)55-22-7-5-6-21-44/h8-19,24-26,35-38,45H,5-7,20,22-23H2,1-4H3,(H,46,49)(H,50,51)(H,52,53)/b19-10+. The maximum absolute atomic E-state index is 13.3. The predicted octanol–water partition coefficient (Wildman–Crippen LogP) is 6.41. The van der Waals surface area contributed by atoms with Gasteiger partial charge in [0.25, 0.3) is 0 Å². The van der Waals surface area contributed by atoms with Crippen LogP contribution in [0.15, 0.2) is 72.8 Å². The van der Waals surface area contributed by atoms with Crippen LogP contribution in [0.5, 0.6) is 11.5 Å². The van der Waals surface area contributed by atoms with Crippen LogP contribution < -0.4 is 20.1 Å². The zero-order valence-electron chi connectivity index (χ0n) is 32.2. The Labute approximate surface area is 330 Å². The van der Waals surface area contributed by atoms with Gasteiger partial charge in [-0.15, -0.1) is 0 Å². The zero-order valence-corrected chi connectivity index (χ0v) is 32.2. The molecule has 1 fully saturated rings. The number of rotatable bonds is 20. The number of unbranched alkanes of at least 4 members (excludes halogenated alkanes) is 2. The molecule has 0 aliphatic heterocycles. The van der Waals surface area contributed by atoms with Crippen LogP contribution in [0.2, 0.25) is 0 Å². The van der Waals surface area contributed by atoms with E-state index in [2.05, 4.69) is 16.7 Å². The Hall–Kier alpha value is -6.49. The third-order valence-electron chi connectivity index (χ3n) is 9.30. The van der Waals surface area contributed by atoms with E-state index < -0.39 is 65.2 Å². The van der Waals surface area contributed by atoms with Crippen LogP contribution >= 0.6 is 0 Å². The number of carbonyl (C=O) groups excluding carboxylic acids is 4. The lowest BCUT2D eigenvalue weighted by Crippen LogP contribution is -2.61. The van der Waals surface area contributed by atoms with Gasteiger partial charge in [-0.25, -0.2) is 9.59 Å². The summed E-state index contributed by atoms with van der Waals surface area (Å²) in [5.74, 6) is -10.6. The van der Waals surface area contributed by atoms with Crippen molar-refractivity contribution in [2.45, 2.75) is 59.4 Å². The molecule has 0 spiro atoms. The van der Waals surface area contributed by atoms with E-state index in [9.17, 15) is 39.0 Å². The molecule has 4 N–H and O–H groups in total. The topological polar surface area (TPSA) is 218 Å². The molecular weight excluding hydrogens is 734 g/mol. The highest BCUT2D eigenvalue weighted by Crippen LogP contribution is 2.49. The minimum atomic E-state index is -1.46. The molecule has 2 atom stereocenters. The van der Waals surface area contributed by atoms with Crippen molar-refractivity contribution < 1.29 is 53.2 Å². The Morgan fingerprint density at radius 2 is 1.46 bits per heavy atom. The van der Waals surface area contributed by atoms with Gasteiger partial charge in [-0.05, 0) is 92.4 Å². The average Bonchev–Trinajstić information content (AvgIpc) is 3.14. The van der Waals surface area contributed by atoms with E-state index in [1.807, 2.05) is 13.8 Å². The molecule has 4 rings (SSSR count). The lowest BCUT2D eigenvalue weighted by Gasteiger charge is -2.46. The number of esters is 2. The SMILES string of the molecule is CC(C)Nc1cc(NC(=O)C2C(C(=O)O)C(C(=O)C(C)C)C2C(=O)O)ccc1CCOC(=O)/C=C/c1ccc(OC(=O)c2ccc(OCCCCC#N)cc2)cc1. The number of hydrogen-bond acceptors (Lipinski definition) is 11. The molecule has 1 amide bonds. The second kappa shape index (κ2) is 20.4. The number of ether oxygens (including phenoxy) is 3. The van der Waals surface area contributed by atoms with Gasteiger partial charge < -0.3 is 35.1 Å². The highest BCUT2D eigenvalue weighted by Gasteiger charge is 2.63. The zero-order chi connectivity index (χ0) is 41.6. The van der Waals surface area contributed by atoms with Crippen LogP contribution in [-0.2, 0) is 35.1 Å². The molecule has 3 aromatic rings. The monoisotopic (exact) mass is 781 g/mol. The summed E-state index contributed by atoms with van der Waals surface area (Å²) in [6.45, 7) is 7.44. The van der Waals surface area contributed by atoms with E-state index >= 15 is 0 Å². The molecule has 3 aromatic carbocycles. The number of benzene rings is 3. The fourth-order valence-electron chi connectivity index (χ4n) is 6.44. The minimum Gasteiger partial charge on any atom is -0.494 e. The second-order valence-corrected chi connectivity index (χ2v) is 14.2. The minimum absolute atomic E-state index is 0.0267. The normalized spacial score (nSPS) is 17.3. The number of carbonyl (C=O) groups is 6. The van der Waals surface area contributed by atoms with Gasteiger partial charge >= 0.3 is 23.9 Å². The summed E-state index contributed by atoms with van der Waals surface area (Å²) in [6, 6.07) is 20.1. The number of ketones is 1. The largest absolute Gasteiger partial charge is 0.494 e. The Kier molecular flexibility index (Phi) is 15.5. The summed E-state index contributed by atoms with van der Waals surface area (Å²) in [6.07, 6.45) is 5.15. The number of nitrogens with zero attached hydrogens (tertiary/aromatic N) is 1. The molecule has 57 heavy (non-hydrogen) atoms. The highest BCUT2D eigenvalue weighted by atomic mass is 16.5. The molecule has 1 aliphatic carbocycles. The molecule has 14 heteroatoms. The molecule has 14 nitrogen and oxygen atoms in total. The van der Waals surface area contributed by atoms with Gasteiger partial charge in [-0.3, -0.25) is 19.2 Å². The van der Waals surface area contributed by atoms with Gasteiger partial charge in [0.1, 0.15) is 17.3 Å². The average molecular weight is 782 g/mol. The quantitative estimate of drug-likeness (QED) is 0.0422. The summed E-state index contributed by atoms with van der Waals surface area (Å²) in [5.41, 5.74) is 2.68. The van der Waals surface area contributed by atoms with Crippen LogP contribution in [0, 0.1) is 40.9 Å². The predicted molar refractivity (Wildman–Crippen MR) is 209 cm³/mol. The fourth-order valence-corrected chi connectivity index (χ4v) is 6.44. The van der Waals surface area contributed by atoms with Gasteiger partial charge in [0.2, 0.25) is 5.91 Å². The van der Waals surface area contributed by atoms with Gasteiger partial charge in [-0.2, -0.15) is 5.26 Å². The first kappa shape index (κ1) is 43.2. The lowest BCUT2D eigenvalue weighted by molar-refractivity contribution is -0.180. The second-order valence-electron chi connectivity index (χ2n) is 14.2. The number of aliphatic carboxylic acids is 2. The van der Waals surface area contributed by atoms with Gasteiger partial charge in [0.15, 0.2) is 0 Å². The summed E-state index contributed by atoms with van der Waals surface area (Å²) in [7, 11) is 0. The Bertz CT molecular complexity index is 1980. The Morgan fingerprint density at radius 1 is 0.807 bits per heavy atom. The Morgan fingerprint density at radius 3 is 2.05 bits per heavy atom. The summed E-state index contributed by atoms with van der Waals surface area (Å²) in [5, 5.41) is 34.1. The summed E-state index contributed by atoms with van der Waals surface area (Å²) >= 11 is 0. The van der Waals surface area contributed by atoms with E-state index in [1.165, 1.54) is 6.08 Å². The highest BCUT2D eigenvalue weighted by molar-refractivity contribution is 6.04. The van der Waals surface area contributed by atoms with E-state index in [0.717, 1.165) is 18.4 Å². The third-order valence-corrected chi connectivity index (χ3v) is 9.30. The smallest absolute Gasteiger partial charge is 0.343 e. The molecule has 0 radical (unpaired) electrons. The lowest BCUT2D eigenvalue weighted by atomic mass is 9.53. The van der Waals surface area contributed by atoms with Crippen molar-refractivity contribution in [2.24, 2.45) is 29.6 Å². The van der Waals surface area contributed by atoms with Crippen molar-refractivity contribution in [2.75, 3.05) is 23.8 Å². The maximum Gasteiger partial charge on any atom is 0.343 e. The Balaban J connectivity index is 1.29. The van der Waals surface area contributed by atoms with E-state index in [0.29, 0.717) is 53.4 Å². The molecule has 0 saturated heterocycles. The summed E-state index contributed by atoms with van der Waals surface area (Å²) < 4.78 is 16.5. The van der Waals surface area contributed by atoms with Crippen molar-refractivity contribution >= 4 is 53.0 Å². The summed E-state index contributed by atoms with van der Waals surface area (Å²) in [4.78, 5) is 75.2. The molecular formula is C43H47N3O11. The van der Waals surface area contributed by atoms with Crippen LogP contribution in [0.3, 0.4) is 0 Å². The first-order valence-electron chi connectivity index (χ1n) is 18.7. The molecule has 1 saturated carbocycles. The first-order chi connectivity index (χ1) is 27.2. The van der Waals surface area contributed by atoms with Crippen LogP contribution in [-0.4, -0.2) is 65.0 Å². The van der Waals surface area contributed by atoms with Crippen LogP contribution in [0.1, 0.15) is 68.4 Å². The molecule has 0 bridgehead atoms. The molecule has 2 unspecified atom stereocenters. The number of nitrogens with one attached hydrogen (secondary N) is 2.